The number of aromatic nitrogens is 1. The van der Waals surface area contributed by atoms with Gasteiger partial charge in [0, 0.05) is 13.1 Å². The third-order valence-electron chi connectivity index (χ3n) is 2.79. The minimum Gasteiger partial charge on any atom is -0.357 e. The van der Waals surface area contributed by atoms with Crippen molar-refractivity contribution in [2.45, 2.75) is 32.7 Å². The molecule has 86 valence electrons. The van der Waals surface area contributed by atoms with Crippen molar-refractivity contribution in [3.8, 4) is 6.07 Å². The lowest BCUT2D eigenvalue weighted by Gasteiger charge is -2.27. The van der Waals surface area contributed by atoms with Crippen LogP contribution in [0.25, 0.3) is 0 Å². The molecule has 0 aliphatic heterocycles. The number of anilines is 1. The van der Waals surface area contributed by atoms with Crippen LogP contribution in [0.2, 0.25) is 5.02 Å². The summed E-state index contributed by atoms with van der Waals surface area (Å²) in [4.78, 5) is 6.33. The minimum atomic E-state index is 0.289. The molecule has 1 aromatic rings. The van der Waals surface area contributed by atoms with Gasteiger partial charge in [-0.3, -0.25) is 0 Å². The van der Waals surface area contributed by atoms with Gasteiger partial charge < -0.3 is 4.90 Å². The van der Waals surface area contributed by atoms with Gasteiger partial charge in [-0.2, -0.15) is 5.26 Å². The molecular formula is C12H16ClN3. The standard InChI is InChI=1S/C12H16ClN3/c1-4-9(5-2)16(3)12-7-6-10(13)11(8-14)15-12/h6-7,9H,4-5H2,1-3H3. The Hall–Kier alpha value is -1.27. The van der Waals surface area contributed by atoms with E-state index in [1.807, 2.05) is 19.2 Å². The van der Waals surface area contributed by atoms with Gasteiger partial charge in [0.25, 0.3) is 0 Å². The lowest BCUT2D eigenvalue weighted by molar-refractivity contribution is 0.586. The SMILES string of the molecule is CCC(CC)N(C)c1ccc(Cl)c(C#N)n1. The fourth-order valence-corrected chi connectivity index (χ4v) is 1.88. The van der Waals surface area contributed by atoms with E-state index >= 15 is 0 Å². The predicted molar refractivity (Wildman–Crippen MR) is 66.7 cm³/mol. The van der Waals surface area contributed by atoms with Gasteiger partial charge in [0.15, 0.2) is 5.69 Å². The summed E-state index contributed by atoms with van der Waals surface area (Å²) >= 11 is 5.84. The van der Waals surface area contributed by atoms with Crippen LogP contribution in [0.1, 0.15) is 32.4 Å². The Balaban J connectivity index is 3.01. The van der Waals surface area contributed by atoms with Crippen molar-refractivity contribution in [1.29, 1.82) is 5.26 Å². The quantitative estimate of drug-likeness (QED) is 0.807. The first-order valence-corrected chi connectivity index (χ1v) is 5.81. The number of pyridine rings is 1. The van der Waals surface area contributed by atoms with Gasteiger partial charge >= 0.3 is 0 Å². The topological polar surface area (TPSA) is 39.9 Å². The molecule has 0 aromatic carbocycles. The zero-order chi connectivity index (χ0) is 12.1. The summed E-state index contributed by atoms with van der Waals surface area (Å²) in [6.45, 7) is 4.29. The molecule has 0 unspecified atom stereocenters. The first-order chi connectivity index (χ1) is 7.63. The molecule has 0 saturated carbocycles. The highest BCUT2D eigenvalue weighted by atomic mass is 35.5. The summed E-state index contributed by atoms with van der Waals surface area (Å²) in [5.74, 6) is 0.801. The van der Waals surface area contributed by atoms with Crippen LogP contribution in [-0.2, 0) is 0 Å². The maximum Gasteiger partial charge on any atom is 0.161 e. The molecule has 4 heteroatoms. The number of nitrogens with zero attached hydrogens (tertiary/aromatic N) is 3. The van der Waals surface area contributed by atoms with Crippen molar-refractivity contribution in [3.05, 3.63) is 22.8 Å². The van der Waals surface area contributed by atoms with E-state index in [1.165, 1.54) is 0 Å². The van der Waals surface area contributed by atoms with Crippen LogP contribution in [-0.4, -0.2) is 18.1 Å². The average Bonchev–Trinajstić information content (AvgIpc) is 2.31. The Bertz CT molecular complexity index is 394. The highest BCUT2D eigenvalue weighted by Crippen LogP contribution is 2.20. The van der Waals surface area contributed by atoms with Crippen molar-refractivity contribution in [1.82, 2.24) is 4.98 Å². The fourth-order valence-electron chi connectivity index (χ4n) is 1.73. The zero-order valence-corrected chi connectivity index (χ0v) is 10.6. The molecule has 0 atom stereocenters. The molecule has 1 heterocycles. The number of nitriles is 1. The average molecular weight is 238 g/mol. The lowest BCUT2D eigenvalue weighted by Crippen LogP contribution is -2.31. The van der Waals surface area contributed by atoms with Gasteiger partial charge in [0.2, 0.25) is 0 Å². The molecule has 0 aliphatic rings. The third-order valence-corrected chi connectivity index (χ3v) is 3.09. The van der Waals surface area contributed by atoms with Gasteiger partial charge in [-0.15, -0.1) is 0 Å². The van der Waals surface area contributed by atoms with E-state index in [0.29, 0.717) is 11.1 Å². The van der Waals surface area contributed by atoms with Crippen molar-refractivity contribution < 1.29 is 0 Å². The number of rotatable bonds is 4. The summed E-state index contributed by atoms with van der Waals surface area (Å²) in [6, 6.07) is 6.01. The molecule has 0 amide bonds. The smallest absolute Gasteiger partial charge is 0.161 e. The van der Waals surface area contributed by atoms with E-state index in [4.69, 9.17) is 16.9 Å². The summed E-state index contributed by atoms with van der Waals surface area (Å²) in [5, 5.41) is 9.27. The first-order valence-electron chi connectivity index (χ1n) is 5.43. The molecule has 16 heavy (non-hydrogen) atoms. The van der Waals surface area contributed by atoms with Gasteiger partial charge in [-0.1, -0.05) is 25.4 Å². The highest BCUT2D eigenvalue weighted by Gasteiger charge is 2.13. The monoisotopic (exact) mass is 237 g/mol. The van der Waals surface area contributed by atoms with E-state index in [2.05, 4.69) is 23.7 Å². The van der Waals surface area contributed by atoms with Crippen LogP contribution in [0, 0.1) is 11.3 Å². The second-order valence-electron chi connectivity index (χ2n) is 3.69. The fraction of sp³-hybridized carbons (Fsp3) is 0.500. The lowest BCUT2D eigenvalue weighted by atomic mass is 10.1. The summed E-state index contributed by atoms with van der Waals surface area (Å²) in [7, 11) is 2.00. The normalized spacial score (nSPS) is 10.2. The molecule has 0 radical (unpaired) electrons. The molecule has 0 aliphatic carbocycles. The Labute approximate surface area is 102 Å². The van der Waals surface area contributed by atoms with Gasteiger partial charge in [0.05, 0.1) is 5.02 Å². The summed E-state index contributed by atoms with van der Waals surface area (Å²) < 4.78 is 0. The maximum absolute atomic E-state index is 8.86. The molecular weight excluding hydrogens is 222 g/mol. The number of hydrogen-bond acceptors (Lipinski definition) is 3. The van der Waals surface area contributed by atoms with E-state index in [0.717, 1.165) is 18.7 Å². The van der Waals surface area contributed by atoms with Crippen molar-refractivity contribution in [2.24, 2.45) is 0 Å². The molecule has 0 fully saturated rings. The molecule has 0 spiro atoms. The van der Waals surface area contributed by atoms with Gasteiger partial charge in [-0.25, -0.2) is 4.98 Å². The Morgan fingerprint density at radius 1 is 1.44 bits per heavy atom. The second-order valence-corrected chi connectivity index (χ2v) is 4.10. The van der Waals surface area contributed by atoms with Crippen LogP contribution in [0.3, 0.4) is 0 Å². The van der Waals surface area contributed by atoms with E-state index in [1.54, 1.807) is 6.07 Å². The molecule has 0 bridgehead atoms. The molecule has 0 saturated heterocycles. The predicted octanol–water partition coefficient (Wildman–Crippen LogP) is 3.23. The summed E-state index contributed by atoms with van der Waals surface area (Å²) in [6.07, 6.45) is 2.11. The van der Waals surface area contributed by atoms with E-state index < -0.39 is 0 Å². The van der Waals surface area contributed by atoms with Crippen molar-refractivity contribution in [3.63, 3.8) is 0 Å². The Morgan fingerprint density at radius 3 is 2.56 bits per heavy atom. The number of hydrogen-bond donors (Lipinski definition) is 0. The number of halogens is 1. The van der Waals surface area contributed by atoms with Crippen molar-refractivity contribution >= 4 is 17.4 Å². The van der Waals surface area contributed by atoms with Crippen LogP contribution in [0.5, 0.6) is 0 Å². The molecule has 1 aromatic heterocycles. The van der Waals surface area contributed by atoms with E-state index in [-0.39, 0.29) is 5.69 Å². The van der Waals surface area contributed by atoms with Crippen LogP contribution in [0.15, 0.2) is 12.1 Å². The van der Waals surface area contributed by atoms with Crippen LogP contribution >= 0.6 is 11.6 Å². The first kappa shape index (κ1) is 12.8. The summed E-state index contributed by atoms with van der Waals surface area (Å²) in [5.41, 5.74) is 0.289. The van der Waals surface area contributed by atoms with Crippen molar-refractivity contribution in [2.75, 3.05) is 11.9 Å². The van der Waals surface area contributed by atoms with Crippen LogP contribution < -0.4 is 4.90 Å². The molecule has 3 nitrogen and oxygen atoms in total. The molecule has 0 N–H and O–H groups in total. The third kappa shape index (κ3) is 2.65. The largest absolute Gasteiger partial charge is 0.357 e. The second kappa shape index (κ2) is 5.72. The van der Waals surface area contributed by atoms with Crippen LogP contribution in [0.4, 0.5) is 5.82 Å². The Kier molecular flexibility index (Phi) is 4.57. The maximum atomic E-state index is 8.86. The Morgan fingerprint density at radius 2 is 2.06 bits per heavy atom. The van der Waals surface area contributed by atoms with Gasteiger partial charge in [0.1, 0.15) is 11.9 Å². The molecule has 1 rings (SSSR count). The minimum absolute atomic E-state index is 0.289. The zero-order valence-electron chi connectivity index (χ0n) is 9.87. The highest BCUT2D eigenvalue weighted by molar-refractivity contribution is 6.31. The van der Waals surface area contributed by atoms with Gasteiger partial charge in [-0.05, 0) is 25.0 Å². The van der Waals surface area contributed by atoms with E-state index in [9.17, 15) is 0 Å².